The molecule has 6 rings (SSSR count). The highest BCUT2D eigenvalue weighted by Gasteiger charge is 2.21. The molecule has 0 saturated heterocycles. The molecule has 0 N–H and O–H groups in total. The lowest BCUT2D eigenvalue weighted by Crippen LogP contribution is -2.36. The quantitative estimate of drug-likeness (QED) is 0.267. The van der Waals surface area contributed by atoms with E-state index in [0.29, 0.717) is 5.88 Å². The molecule has 0 atom stereocenters. The summed E-state index contributed by atoms with van der Waals surface area (Å²) in [4.78, 5) is 0. The van der Waals surface area contributed by atoms with Crippen LogP contribution in [0.3, 0.4) is 0 Å². The van der Waals surface area contributed by atoms with E-state index < -0.39 is 0 Å². The van der Waals surface area contributed by atoms with Gasteiger partial charge >= 0.3 is 5.88 Å². The summed E-state index contributed by atoms with van der Waals surface area (Å²) < 4.78 is 8.03. The zero-order valence-electron chi connectivity index (χ0n) is 18.5. The molecule has 3 nitrogen and oxygen atoms in total. The van der Waals surface area contributed by atoms with E-state index in [-0.39, 0.29) is 0 Å². The second-order valence-corrected chi connectivity index (χ2v) is 8.18. The minimum Gasteiger partial charge on any atom is -0.414 e. The number of aromatic nitrogens is 1. The van der Waals surface area contributed by atoms with Crippen molar-refractivity contribution in [2.24, 2.45) is 0 Å². The first-order chi connectivity index (χ1) is 16.8. The number of benzene rings is 4. The molecule has 2 heterocycles. The van der Waals surface area contributed by atoms with Crippen LogP contribution in [0.5, 0.6) is 5.88 Å². The lowest BCUT2D eigenvalue weighted by molar-refractivity contribution is -0.615. The van der Waals surface area contributed by atoms with Crippen molar-refractivity contribution < 1.29 is 9.41 Å². The van der Waals surface area contributed by atoms with E-state index in [2.05, 4.69) is 78.9 Å². The maximum atomic E-state index is 6.14. The highest BCUT2D eigenvalue weighted by molar-refractivity contribution is 5.76. The monoisotopic (exact) mass is 438 g/mol. The molecule has 0 aliphatic carbocycles. The summed E-state index contributed by atoms with van der Waals surface area (Å²) in [7, 11) is 0. The van der Waals surface area contributed by atoms with E-state index in [0.717, 1.165) is 33.6 Å². The predicted octanol–water partition coefficient (Wildman–Crippen LogP) is 7.50. The van der Waals surface area contributed by atoms with Crippen molar-refractivity contribution in [3.8, 4) is 39.4 Å². The molecule has 1 aliphatic heterocycles. The van der Waals surface area contributed by atoms with Crippen LogP contribution in [0.4, 0.5) is 0 Å². The molecule has 1 aromatic heterocycles. The fraction of sp³-hybridized carbons (Fsp3) is 0. The van der Waals surface area contributed by atoms with Gasteiger partial charge in [-0.05, 0) is 45.6 Å². The van der Waals surface area contributed by atoms with Gasteiger partial charge in [-0.2, -0.15) is 4.68 Å². The minimum atomic E-state index is 0.685. The maximum Gasteiger partial charge on any atom is 0.369 e. The topological polar surface area (TPSA) is 27.2 Å². The summed E-state index contributed by atoms with van der Waals surface area (Å²) in [5, 5.41) is 0. The van der Waals surface area contributed by atoms with Gasteiger partial charge in [0, 0.05) is 11.6 Å². The Hall–Kier alpha value is -4.63. The van der Waals surface area contributed by atoms with Crippen molar-refractivity contribution in [1.29, 1.82) is 0 Å². The molecule has 0 radical (unpaired) electrons. The lowest BCUT2D eigenvalue weighted by Gasteiger charge is -2.27. The van der Waals surface area contributed by atoms with Gasteiger partial charge in [0.05, 0.1) is 12.3 Å². The smallest absolute Gasteiger partial charge is 0.369 e. The van der Waals surface area contributed by atoms with E-state index >= 15 is 0 Å². The number of hydrogen-bond donors (Lipinski definition) is 0. The summed E-state index contributed by atoms with van der Waals surface area (Å²) in [6.45, 7) is 0. The molecule has 0 bridgehead atoms. The Balaban J connectivity index is 1.39. The van der Waals surface area contributed by atoms with Gasteiger partial charge in [0.1, 0.15) is 0 Å². The maximum absolute atomic E-state index is 6.14. The van der Waals surface area contributed by atoms with Crippen LogP contribution in [0.1, 0.15) is 5.56 Å². The van der Waals surface area contributed by atoms with Gasteiger partial charge < -0.3 is 10.2 Å². The molecule has 5 aromatic rings. The number of rotatable bonds is 4. The molecule has 3 heteroatoms. The largest absolute Gasteiger partial charge is 0.414 e. The summed E-state index contributed by atoms with van der Waals surface area (Å²) in [6.07, 6.45) is 1.73. The zero-order valence-corrected chi connectivity index (χ0v) is 18.5. The fourth-order valence-corrected chi connectivity index (χ4v) is 4.20. The Morgan fingerprint density at radius 2 is 0.971 bits per heavy atom. The van der Waals surface area contributed by atoms with Crippen molar-refractivity contribution in [1.82, 2.24) is 0 Å². The summed E-state index contributed by atoms with van der Waals surface area (Å²) in [5.74, 6) is 0.685. The van der Waals surface area contributed by atoms with E-state index in [1.807, 2.05) is 53.2 Å². The van der Waals surface area contributed by atoms with Crippen molar-refractivity contribution in [3.05, 3.63) is 145 Å². The third-order valence-electron chi connectivity index (χ3n) is 5.97. The van der Waals surface area contributed by atoms with E-state index in [1.54, 1.807) is 6.26 Å². The van der Waals surface area contributed by atoms with Gasteiger partial charge in [0.25, 0.3) is 0 Å². The molecular formula is C31H22N2O. The number of ether oxygens (including phenoxy) is 1. The molecule has 0 saturated carbocycles. The van der Waals surface area contributed by atoms with Crippen LogP contribution in [0.25, 0.3) is 44.6 Å². The van der Waals surface area contributed by atoms with Crippen LogP contribution in [-0.4, -0.2) is 0 Å². The first-order valence-corrected chi connectivity index (χ1v) is 11.3. The third-order valence-corrected chi connectivity index (χ3v) is 5.97. The number of hydrogen-bond acceptors (Lipinski definition) is 1. The minimum absolute atomic E-state index is 0.685. The van der Waals surface area contributed by atoms with Crippen LogP contribution in [-0.2, 0) is 0 Å². The standard InChI is InChI=1S/C31H22N2O/c1-4-10-23(11-5-1)25-16-18-26(19-17-25)29-22-34-31-21-28(24-12-6-2-7-13-24)20-30(33(31)32-29)27-14-8-3-9-15-27/h1-22H. The van der Waals surface area contributed by atoms with E-state index in [9.17, 15) is 0 Å². The fourth-order valence-electron chi connectivity index (χ4n) is 4.20. The molecular weight excluding hydrogens is 416 g/mol. The van der Waals surface area contributed by atoms with Gasteiger partial charge in [-0.3, -0.25) is 0 Å². The van der Waals surface area contributed by atoms with Crippen LogP contribution < -0.4 is 9.41 Å². The van der Waals surface area contributed by atoms with Gasteiger partial charge in [0.2, 0.25) is 5.69 Å². The third kappa shape index (κ3) is 3.84. The summed E-state index contributed by atoms with van der Waals surface area (Å²) >= 11 is 0. The van der Waals surface area contributed by atoms with Gasteiger partial charge in [-0.1, -0.05) is 103 Å². The molecule has 0 fully saturated rings. The highest BCUT2D eigenvalue weighted by atomic mass is 16.5. The van der Waals surface area contributed by atoms with Gasteiger partial charge in [0.15, 0.2) is 0 Å². The summed E-state index contributed by atoms with van der Waals surface area (Å²) in [6, 6.07) is 43.6. The molecule has 0 unspecified atom stereocenters. The van der Waals surface area contributed by atoms with Crippen molar-refractivity contribution in [2.45, 2.75) is 0 Å². The van der Waals surface area contributed by atoms with Gasteiger partial charge in [-0.15, -0.1) is 0 Å². The first kappa shape index (κ1) is 20.0. The highest BCUT2D eigenvalue weighted by Crippen LogP contribution is 2.33. The number of pyridine rings is 1. The van der Waals surface area contributed by atoms with Crippen molar-refractivity contribution >= 4 is 5.70 Å². The molecule has 0 spiro atoms. The Kier molecular flexibility index (Phi) is 5.13. The Bertz CT molecular complexity index is 1460. The molecule has 4 aromatic carbocycles. The SMILES string of the molecule is C1=C(c2ccc(-c3ccccc3)cc2)[N-][n+]2c(cc(-c3ccccc3)cc2-c2ccccc2)O1. The predicted molar refractivity (Wildman–Crippen MR) is 137 cm³/mol. The van der Waals surface area contributed by atoms with Crippen molar-refractivity contribution in [2.75, 3.05) is 0 Å². The molecule has 0 amide bonds. The Morgan fingerprint density at radius 3 is 1.59 bits per heavy atom. The zero-order chi connectivity index (χ0) is 22.7. The second kappa shape index (κ2) is 8.72. The average molecular weight is 439 g/mol. The molecule has 34 heavy (non-hydrogen) atoms. The summed E-state index contributed by atoms with van der Waals surface area (Å²) in [5.41, 5.74) is 13.4. The second-order valence-electron chi connectivity index (χ2n) is 8.18. The van der Waals surface area contributed by atoms with E-state index in [1.165, 1.54) is 11.1 Å². The molecule has 1 aliphatic rings. The normalized spacial score (nSPS) is 12.2. The average Bonchev–Trinajstić information content (AvgIpc) is 2.94. The van der Waals surface area contributed by atoms with Crippen LogP contribution in [0, 0.1) is 0 Å². The number of fused-ring (bicyclic) bond motifs is 1. The van der Waals surface area contributed by atoms with Crippen LogP contribution in [0.15, 0.2) is 134 Å². The first-order valence-electron chi connectivity index (χ1n) is 11.3. The van der Waals surface area contributed by atoms with E-state index in [4.69, 9.17) is 10.2 Å². The molecule has 162 valence electrons. The number of nitrogens with zero attached hydrogens (tertiary/aromatic N) is 2. The van der Waals surface area contributed by atoms with Gasteiger partial charge in [-0.25, -0.2) is 0 Å². The Labute approximate surface area is 199 Å². The Morgan fingerprint density at radius 1 is 0.471 bits per heavy atom. The van der Waals surface area contributed by atoms with Crippen molar-refractivity contribution in [3.63, 3.8) is 0 Å². The van der Waals surface area contributed by atoms with Crippen LogP contribution >= 0.6 is 0 Å². The van der Waals surface area contributed by atoms with Crippen LogP contribution in [0.2, 0.25) is 0 Å². The lowest BCUT2D eigenvalue weighted by atomic mass is 10.0.